The molecule has 0 saturated carbocycles. The molecule has 0 unspecified atom stereocenters. The van der Waals surface area contributed by atoms with Gasteiger partial charge in [-0.25, -0.2) is 4.79 Å². The van der Waals surface area contributed by atoms with Gasteiger partial charge in [-0.05, 0) is 40.0 Å². The summed E-state index contributed by atoms with van der Waals surface area (Å²) in [6.07, 6.45) is 3.30. The smallest absolute Gasteiger partial charge is 0.410 e. The molecule has 0 atom stereocenters. The molecular weight excluding hydrogens is 190 g/mol. The molecule has 1 amide bonds. The minimum atomic E-state index is -0.367. The quantitative estimate of drug-likeness (QED) is 0.619. The van der Waals surface area contributed by atoms with E-state index in [0.717, 1.165) is 25.9 Å². The van der Waals surface area contributed by atoms with E-state index in [1.807, 2.05) is 34.6 Å². The van der Waals surface area contributed by atoms with Gasteiger partial charge in [0.05, 0.1) is 0 Å². The number of rotatable bonds is 0. The van der Waals surface area contributed by atoms with Gasteiger partial charge in [0.1, 0.15) is 5.60 Å². The number of carbonyl (C=O) groups is 1. The van der Waals surface area contributed by atoms with E-state index in [-0.39, 0.29) is 11.7 Å². The van der Waals surface area contributed by atoms with E-state index in [0.29, 0.717) is 0 Å². The summed E-state index contributed by atoms with van der Waals surface area (Å²) in [7, 11) is 0. The zero-order valence-electron chi connectivity index (χ0n) is 10.8. The van der Waals surface area contributed by atoms with E-state index >= 15 is 0 Å². The molecule has 0 N–H and O–H groups in total. The highest BCUT2D eigenvalue weighted by Gasteiger charge is 2.22. The maximum Gasteiger partial charge on any atom is 0.410 e. The number of carbonyl (C=O) groups excluding carboxylic acids is 1. The SMILES string of the molecule is CC.CC(C)(C)OC(=O)N1CCCCC1. The molecule has 0 spiro atoms. The molecule has 1 saturated heterocycles. The molecule has 1 rings (SSSR count). The van der Waals surface area contributed by atoms with Crippen LogP contribution in [0.4, 0.5) is 4.79 Å². The first kappa shape index (κ1) is 14.3. The summed E-state index contributed by atoms with van der Waals surface area (Å²) >= 11 is 0. The third-order valence-electron chi connectivity index (χ3n) is 2.01. The van der Waals surface area contributed by atoms with Crippen LogP contribution in [0.1, 0.15) is 53.9 Å². The van der Waals surface area contributed by atoms with Crippen LogP contribution >= 0.6 is 0 Å². The number of piperidine rings is 1. The number of amides is 1. The van der Waals surface area contributed by atoms with Crippen molar-refractivity contribution in [3.05, 3.63) is 0 Å². The van der Waals surface area contributed by atoms with Crippen molar-refractivity contribution in [3.8, 4) is 0 Å². The van der Waals surface area contributed by atoms with Crippen LogP contribution in [-0.2, 0) is 4.74 Å². The number of likely N-dealkylation sites (tertiary alicyclic amines) is 1. The highest BCUT2D eigenvalue weighted by atomic mass is 16.6. The van der Waals surface area contributed by atoms with Crippen LogP contribution in [0, 0.1) is 0 Å². The second-order valence-electron chi connectivity index (χ2n) is 4.53. The summed E-state index contributed by atoms with van der Waals surface area (Å²) in [5, 5.41) is 0. The predicted octanol–water partition coefficient (Wildman–Crippen LogP) is 3.43. The van der Waals surface area contributed by atoms with E-state index in [9.17, 15) is 4.79 Å². The maximum atomic E-state index is 11.5. The zero-order chi connectivity index (χ0) is 11.9. The van der Waals surface area contributed by atoms with Crippen molar-refractivity contribution in [3.63, 3.8) is 0 Å². The van der Waals surface area contributed by atoms with Crippen LogP contribution in [0.3, 0.4) is 0 Å². The lowest BCUT2D eigenvalue weighted by molar-refractivity contribution is 0.0216. The van der Waals surface area contributed by atoms with E-state index < -0.39 is 0 Å². The van der Waals surface area contributed by atoms with Crippen LogP contribution < -0.4 is 0 Å². The standard InChI is InChI=1S/C10H19NO2.C2H6/c1-10(2,3)13-9(12)11-7-5-4-6-8-11;1-2/h4-8H2,1-3H3;1-2H3. The first-order valence-corrected chi connectivity index (χ1v) is 5.97. The Balaban J connectivity index is 0.000000921. The summed E-state index contributed by atoms with van der Waals surface area (Å²) < 4.78 is 5.26. The number of hydrogen-bond donors (Lipinski definition) is 0. The third-order valence-corrected chi connectivity index (χ3v) is 2.01. The molecule has 15 heavy (non-hydrogen) atoms. The molecule has 1 fully saturated rings. The maximum absolute atomic E-state index is 11.5. The largest absolute Gasteiger partial charge is 0.444 e. The average molecular weight is 215 g/mol. The second kappa shape index (κ2) is 6.70. The first-order valence-electron chi connectivity index (χ1n) is 5.97. The molecule has 0 aliphatic carbocycles. The fourth-order valence-electron chi connectivity index (χ4n) is 1.40. The normalized spacial score (nSPS) is 16.5. The fourth-order valence-corrected chi connectivity index (χ4v) is 1.40. The molecule has 1 aliphatic rings. The highest BCUT2D eigenvalue weighted by molar-refractivity contribution is 5.68. The Morgan fingerprint density at radius 1 is 1.07 bits per heavy atom. The average Bonchev–Trinajstić information content (AvgIpc) is 2.20. The molecule has 3 nitrogen and oxygen atoms in total. The first-order chi connectivity index (χ1) is 6.99. The van der Waals surface area contributed by atoms with E-state index in [1.54, 1.807) is 4.90 Å². The van der Waals surface area contributed by atoms with Gasteiger partial charge in [-0.15, -0.1) is 0 Å². The summed E-state index contributed by atoms with van der Waals surface area (Å²) in [4.78, 5) is 13.3. The molecule has 0 aromatic carbocycles. The van der Waals surface area contributed by atoms with Gasteiger partial charge in [0.2, 0.25) is 0 Å². The van der Waals surface area contributed by atoms with E-state index in [1.165, 1.54) is 6.42 Å². The molecule has 1 aliphatic heterocycles. The molecule has 0 aromatic rings. The van der Waals surface area contributed by atoms with Crippen molar-refractivity contribution >= 4 is 6.09 Å². The minimum absolute atomic E-state index is 0.160. The van der Waals surface area contributed by atoms with Crippen LogP contribution in [-0.4, -0.2) is 29.7 Å². The zero-order valence-corrected chi connectivity index (χ0v) is 10.8. The minimum Gasteiger partial charge on any atom is -0.444 e. The summed E-state index contributed by atoms with van der Waals surface area (Å²) in [6, 6.07) is 0. The molecule has 3 heteroatoms. The van der Waals surface area contributed by atoms with Gasteiger partial charge in [0.25, 0.3) is 0 Å². The molecule has 90 valence electrons. The Morgan fingerprint density at radius 3 is 1.93 bits per heavy atom. The van der Waals surface area contributed by atoms with E-state index in [4.69, 9.17) is 4.74 Å². The number of ether oxygens (including phenoxy) is 1. The molecule has 0 aromatic heterocycles. The molecule has 0 radical (unpaired) electrons. The van der Waals surface area contributed by atoms with Crippen LogP contribution in [0.15, 0.2) is 0 Å². The second-order valence-corrected chi connectivity index (χ2v) is 4.53. The lowest BCUT2D eigenvalue weighted by Gasteiger charge is -2.29. The predicted molar refractivity (Wildman–Crippen MR) is 63.0 cm³/mol. The molecule has 1 heterocycles. The Morgan fingerprint density at radius 2 is 1.53 bits per heavy atom. The van der Waals surface area contributed by atoms with Gasteiger partial charge in [-0.3, -0.25) is 0 Å². The fraction of sp³-hybridized carbons (Fsp3) is 0.917. The summed E-state index contributed by atoms with van der Waals surface area (Å²) in [6.45, 7) is 11.4. The monoisotopic (exact) mass is 215 g/mol. The van der Waals surface area contributed by atoms with Crippen LogP contribution in [0.5, 0.6) is 0 Å². The van der Waals surface area contributed by atoms with Crippen molar-refractivity contribution in [1.82, 2.24) is 4.90 Å². The van der Waals surface area contributed by atoms with Crippen molar-refractivity contribution in [2.45, 2.75) is 59.5 Å². The van der Waals surface area contributed by atoms with Crippen molar-refractivity contribution < 1.29 is 9.53 Å². The molecular formula is C12H25NO2. The van der Waals surface area contributed by atoms with Crippen molar-refractivity contribution in [2.75, 3.05) is 13.1 Å². The number of nitrogens with zero attached hydrogens (tertiary/aromatic N) is 1. The van der Waals surface area contributed by atoms with Gasteiger partial charge in [0, 0.05) is 13.1 Å². The Bertz CT molecular complexity index is 179. The van der Waals surface area contributed by atoms with Gasteiger partial charge < -0.3 is 9.64 Å². The lowest BCUT2D eigenvalue weighted by Crippen LogP contribution is -2.39. The Labute approximate surface area is 93.8 Å². The number of hydrogen-bond acceptors (Lipinski definition) is 2. The van der Waals surface area contributed by atoms with Gasteiger partial charge >= 0.3 is 6.09 Å². The Hall–Kier alpha value is -0.730. The lowest BCUT2D eigenvalue weighted by atomic mass is 10.1. The van der Waals surface area contributed by atoms with E-state index in [2.05, 4.69) is 0 Å². The highest BCUT2D eigenvalue weighted by Crippen LogP contribution is 2.14. The van der Waals surface area contributed by atoms with Gasteiger partial charge in [-0.1, -0.05) is 13.8 Å². The van der Waals surface area contributed by atoms with Crippen molar-refractivity contribution in [2.24, 2.45) is 0 Å². The van der Waals surface area contributed by atoms with Crippen molar-refractivity contribution in [1.29, 1.82) is 0 Å². The summed E-state index contributed by atoms with van der Waals surface area (Å²) in [5.41, 5.74) is -0.367. The summed E-state index contributed by atoms with van der Waals surface area (Å²) in [5.74, 6) is 0. The molecule has 0 bridgehead atoms. The van der Waals surface area contributed by atoms with Gasteiger partial charge in [0.15, 0.2) is 0 Å². The van der Waals surface area contributed by atoms with Crippen LogP contribution in [0.25, 0.3) is 0 Å². The van der Waals surface area contributed by atoms with Gasteiger partial charge in [-0.2, -0.15) is 0 Å². The third kappa shape index (κ3) is 6.37. The Kier molecular flexibility index (Phi) is 6.37. The van der Waals surface area contributed by atoms with Crippen LogP contribution in [0.2, 0.25) is 0 Å². The topological polar surface area (TPSA) is 29.5 Å².